The predicted octanol–water partition coefficient (Wildman–Crippen LogP) is 4.11. The fraction of sp³-hybridized carbons (Fsp3) is 0.235. The first-order valence-corrected chi connectivity index (χ1v) is 7.53. The molecular formula is C17H15ClFNO3. The molecular weight excluding hydrogens is 321 g/mol. The van der Waals surface area contributed by atoms with E-state index < -0.39 is 5.82 Å². The molecule has 6 heteroatoms. The number of benzene rings is 2. The van der Waals surface area contributed by atoms with Crippen LogP contribution in [0.15, 0.2) is 30.3 Å². The maximum atomic E-state index is 14.2. The largest absolute Gasteiger partial charge is 0.507 e. The molecule has 3 rings (SSSR count). The van der Waals surface area contributed by atoms with Crippen LogP contribution in [-0.4, -0.2) is 29.3 Å². The Kier molecular flexibility index (Phi) is 4.13. The van der Waals surface area contributed by atoms with Crippen LogP contribution in [0.5, 0.6) is 5.75 Å². The number of cyclic esters (lactones) is 1. The number of phenols is 1. The van der Waals surface area contributed by atoms with E-state index in [4.69, 9.17) is 16.3 Å². The maximum absolute atomic E-state index is 14.2. The summed E-state index contributed by atoms with van der Waals surface area (Å²) >= 11 is 6.08. The normalized spacial score (nSPS) is 14.2. The van der Waals surface area contributed by atoms with E-state index in [2.05, 4.69) is 0 Å². The third-order valence-corrected chi connectivity index (χ3v) is 4.22. The molecule has 1 aliphatic rings. The van der Waals surface area contributed by atoms with E-state index in [1.165, 1.54) is 12.1 Å². The lowest BCUT2D eigenvalue weighted by Crippen LogP contribution is -2.23. The molecule has 0 atom stereocenters. The summed E-state index contributed by atoms with van der Waals surface area (Å²) in [7, 11) is 0. The smallest absolute Gasteiger partial charge is 0.410 e. The summed E-state index contributed by atoms with van der Waals surface area (Å²) < 4.78 is 19.1. The van der Waals surface area contributed by atoms with E-state index in [1.807, 2.05) is 0 Å². The molecule has 0 bridgehead atoms. The molecule has 1 aliphatic heterocycles. The van der Waals surface area contributed by atoms with Gasteiger partial charge in [0.15, 0.2) is 0 Å². The van der Waals surface area contributed by atoms with Gasteiger partial charge < -0.3 is 14.7 Å². The van der Waals surface area contributed by atoms with Crippen molar-refractivity contribution < 1.29 is 19.0 Å². The number of carbonyl (C=O) groups is 1. The zero-order valence-corrected chi connectivity index (χ0v) is 13.2. The van der Waals surface area contributed by atoms with Crippen LogP contribution in [0, 0.1) is 12.7 Å². The minimum absolute atomic E-state index is 0.0384. The predicted molar refractivity (Wildman–Crippen MR) is 85.0 cm³/mol. The first kappa shape index (κ1) is 15.6. The zero-order chi connectivity index (χ0) is 16.6. The van der Waals surface area contributed by atoms with Crippen LogP contribution < -0.4 is 0 Å². The number of hydrogen-bond donors (Lipinski definition) is 1. The molecule has 0 radical (unpaired) electrons. The summed E-state index contributed by atoms with van der Waals surface area (Å²) in [5.74, 6) is -0.503. The fourth-order valence-corrected chi connectivity index (χ4v) is 2.71. The second kappa shape index (κ2) is 6.08. The molecule has 1 N–H and O–H groups in total. The number of carbonyl (C=O) groups excluding carboxylic acids is 1. The Morgan fingerprint density at radius 3 is 2.78 bits per heavy atom. The lowest BCUT2D eigenvalue weighted by atomic mass is 10.00. The van der Waals surface area contributed by atoms with Crippen molar-refractivity contribution in [2.75, 3.05) is 13.2 Å². The Labute approximate surface area is 138 Å². The molecule has 0 saturated carbocycles. The Hall–Kier alpha value is -2.27. The molecule has 1 fully saturated rings. The van der Waals surface area contributed by atoms with Gasteiger partial charge in [0.2, 0.25) is 0 Å². The number of aryl methyl sites for hydroxylation is 1. The van der Waals surface area contributed by atoms with E-state index >= 15 is 0 Å². The number of rotatable bonds is 3. The van der Waals surface area contributed by atoms with Crippen molar-refractivity contribution in [3.05, 3.63) is 52.3 Å². The van der Waals surface area contributed by atoms with Gasteiger partial charge in [0.25, 0.3) is 0 Å². The summed E-state index contributed by atoms with van der Waals surface area (Å²) in [5, 5.41) is 10.6. The number of ether oxygens (including phenoxy) is 1. The topological polar surface area (TPSA) is 49.8 Å². The molecule has 1 heterocycles. The van der Waals surface area contributed by atoms with Crippen molar-refractivity contribution in [3.8, 4) is 16.9 Å². The Morgan fingerprint density at radius 1 is 1.30 bits per heavy atom. The molecule has 120 valence electrons. The van der Waals surface area contributed by atoms with Crippen LogP contribution in [0.2, 0.25) is 5.02 Å². The van der Waals surface area contributed by atoms with E-state index in [1.54, 1.807) is 30.0 Å². The average molecular weight is 336 g/mol. The van der Waals surface area contributed by atoms with E-state index in [0.29, 0.717) is 35.8 Å². The van der Waals surface area contributed by atoms with Crippen LogP contribution in [0.3, 0.4) is 0 Å². The van der Waals surface area contributed by atoms with Gasteiger partial charge in [-0.25, -0.2) is 9.18 Å². The number of aromatic hydroxyl groups is 1. The minimum atomic E-state index is -0.465. The number of hydrogen-bond acceptors (Lipinski definition) is 3. The van der Waals surface area contributed by atoms with Crippen molar-refractivity contribution in [1.82, 2.24) is 4.90 Å². The number of nitrogens with zero attached hydrogens (tertiary/aromatic N) is 1. The molecule has 0 aliphatic carbocycles. The van der Waals surface area contributed by atoms with Gasteiger partial charge in [-0.1, -0.05) is 17.7 Å². The maximum Gasteiger partial charge on any atom is 0.410 e. The lowest BCUT2D eigenvalue weighted by Gasteiger charge is -2.14. The standard InChI is InChI=1S/C17H15ClFNO3/c1-10-6-16(21)13(8-14(10)18)12-7-11(2-3-15(12)19)9-20-4-5-23-17(20)22/h2-3,6-8,21H,4-5,9H2,1H3. The third-order valence-electron chi connectivity index (χ3n) is 3.82. The highest BCUT2D eigenvalue weighted by atomic mass is 35.5. The molecule has 4 nitrogen and oxygen atoms in total. The van der Waals surface area contributed by atoms with Gasteiger partial charge in [0.1, 0.15) is 18.2 Å². The first-order valence-electron chi connectivity index (χ1n) is 7.15. The second-order valence-electron chi connectivity index (χ2n) is 5.47. The summed E-state index contributed by atoms with van der Waals surface area (Å²) in [6.07, 6.45) is -0.378. The van der Waals surface area contributed by atoms with E-state index in [9.17, 15) is 14.3 Å². The van der Waals surface area contributed by atoms with Gasteiger partial charge in [-0.2, -0.15) is 0 Å². The Balaban J connectivity index is 1.98. The molecule has 0 spiro atoms. The molecule has 1 saturated heterocycles. The van der Waals surface area contributed by atoms with Crippen LogP contribution in [-0.2, 0) is 11.3 Å². The van der Waals surface area contributed by atoms with Crippen molar-refractivity contribution in [1.29, 1.82) is 0 Å². The lowest BCUT2D eigenvalue weighted by molar-refractivity contribution is 0.157. The van der Waals surface area contributed by atoms with Gasteiger partial charge >= 0.3 is 6.09 Å². The van der Waals surface area contributed by atoms with Crippen LogP contribution >= 0.6 is 11.6 Å². The molecule has 0 aromatic heterocycles. The zero-order valence-electron chi connectivity index (χ0n) is 12.5. The van der Waals surface area contributed by atoms with Crippen molar-refractivity contribution >= 4 is 17.7 Å². The first-order chi connectivity index (χ1) is 11.0. The second-order valence-corrected chi connectivity index (χ2v) is 5.88. The highest BCUT2D eigenvalue weighted by Crippen LogP contribution is 2.35. The van der Waals surface area contributed by atoms with Gasteiger partial charge in [0.05, 0.1) is 6.54 Å². The summed E-state index contributed by atoms with van der Waals surface area (Å²) in [5.41, 5.74) is 2.03. The number of amides is 1. The molecule has 2 aromatic rings. The van der Waals surface area contributed by atoms with Gasteiger partial charge in [-0.05, 0) is 42.3 Å². The quantitative estimate of drug-likeness (QED) is 0.918. The molecule has 23 heavy (non-hydrogen) atoms. The highest BCUT2D eigenvalue weighted by molar-refractivity contribution is 6.31. The fourth-order valence-electron chi connectivity index (χ4n) is 2.55. The Bertz CT molecular complexity index is 779. The monoisotopic (exact) mass is 335 g/mol. The summed E-state index contributed by atoms with van der Waals surface area (Å²) in [6, 6.07) is 7.58. The summed E-state index contributed by atoms with van der Waals surface area (Å²) in [6.45, 7) is 2.96. The van der Waals surface area contributed by atoms with Crippen molar-refractivity contribution in [2.24, 2.45) is 0 Å². The van der Waals surface area contributed by atoms with E-state index in [0.717, 1.165) is 5.56 Å². The average Bonchev–Trinajstić information content (AvgIpc) is 2.90. The van der Waals surface area contributed by atoms with E-state index in [-0.39, 0.29) is 17.4 Å². The molecule has 1 amide bonds. The number of phenolic OH excluding ortho intramolecular Hbond substituents is 1. The highest BCUT2D eigenvalue weighted by Gasteiger charge is 2.22. The van der Waals surface area contributed by atoms with Crippen LogP contribution in [0.25, 0.3) is 11.1 Å². The van der Waals surface area contributed by atoms with Crippen LogP contribution in [0.4, 0.5) is 9.18 Å². The molecule has 2 aromatic carbocycles. The van der Waals surface area contributed by atoms with Gasteiger partial charge in [-0.3, -0.25) is 0 Å². The van der Waals surface area contributed by atoms with Gasteiger partial charge in [-0.15, -0.1) is 0 Å². The summed E-state index contributed by atoms with van der Waals surface area (Å²) in [4.78, 5) is 13.0. The molecule has 0 unspecified atom stereocenters. The Morgan fingerprint density at radius 2 is 2.09 bits per heavy atom. The van der Waals surface area contributed by atoms with Crippen molar-refractivity contribution in [3.63, 3.8) is 0 Å². The minimum Gasteiger partial charge on any atom is -0.507 e. The third kappa shape index (κ3) is 3.10. The van der Waals surface area contributed by atoms with Gasteiger partial charge in [0, 0.05) is 22.7 Å². The number of halogens is 2. The van der Waals surface area contributed by atoms with Crippen LogP contribution in [0.1, 0.15) is 11.1 Å². The SMILES string of the molecule is Cc1cc(O)c(-c2cc(CN3CCOC3=O)ccc2F)cc1Cl. The van der Waals surface area contributed by atoms with Crippen molar-refractivity contribution in [2.45, 2.75) is 13.5 Å².